The quantitative estimate of drug-likeness (QED) is 0.643. The minimum atomic E-state index is -0.0992. The Morgan fingerprint density at radius 3 is 2.90 bits per heavy atom. The Morgan fingerprint density at radius 2 is 2.19 bits per heavy atom. The Labute approximate surface area is 135 Å². The largest absolute Gasteiger partial charge is 0.379 e. The molecule has 1 aromatic carbocycles. The molecule has 1 heterocycles. The van der Waals surface area contributed by atoms with Gasteiger partial charge in [-0.1, -0.05) is 11.6 Å². The Hall–Kier alpha value is -0.750. The minimum absolute atomic E-state index is 0.0992. The summed E-state index contributed by atoms with van der Waals surface area (Å²) in [7, 11) is 0. The van der Waals surface area contributed by atoms with Gasteiger partial charge in [0.1, 0.15) is 0 Å². The summed E-state index contributed by atoms with van der Waals surface area (Å²) in [6.07, 6.45) is 2.92. The van der Waals surface area contributed by atoms with Gasteiger partial charge in [0.25, 0.3) is 5.91 Å². The standard InChI is InChI=1S/C15H21ClN2O2S/c1-21-12-3-4-14(16)13(11-12)15(19)17-5-2-6-18-7-9-20-10-8-18/h3-4,11H,2,5-10H2,1H3,(H,17,19). The van der Waals surface area contributed by atoms with Crippen molar-refractivity contribution in [3.8, 4) is 0 Å². The number of amides is 1. The van der Waals surface area contributed by atoms with Crippen molar-refractivity contribution >= 4 is 29.3 Å². The lowest BCUT2D eigenvalue weighted by atomic mass is 10.2. The number of carbonyl (C=O) groups excluding carboxylic acids is 1. The van der Waals surface area contributed by atoms with Gasteiger partial charge in [-0.05, 0) is 37.4 Å². The molecule has 116 valence electrons. The van der Waals surface area contributed by atoms with Crippen LogP contribution in [0.1, 0.15) is 16.8 Å². The van der Waals surface area contributed by atoms with Gasteiger partial charge in [-0.25, -0.2) is 0 Å². The molecular formula is C15H21ClN2O2S. The van der Waals surface area contributed by atoms with E-state index in [4.69, 9.17) is 16.3 Å². The first-order valence-corrected chi connectivity index (χ1v) is 8.73. The molecule has 0 aromatic heterocycles. The third-order valence-corrected chi connectivity index (χ3v) is 4.51. The van der Waals surface area contributed by atoms with Gasteiger partial charge in [-0.15, -0.1) is 11.8 Å². The predicted octanol–water partition coefficient (Wildman–Crippen LogP) is 2.51. The van der Waals surface area contributed by atoms with Gasteiger partial charge in [0.15, 0.2) is 0 Å². The molecule has 1 fully saturated rings. The van der Waals surface area contributed by atoms with Crippen LogP contribution in [0.25, 0.3) is 0 Å². The summed E-state index contributed by atoms with van der Waals surface area (Å²) in [4.78, 5) is 15.5. The van der Waals surface area contributed by atoms with Crippen molar-refractivity contribution in [1.29, 1.82) is 0 Å². The highest BCUT2D eigenvalue weighted by Crippen LogP contribution is 2.22. The van der Waals surface area contributed by atoms with Crippen molar-refractivity contribution in [2.24, 2.45) is 0 Å². The Balaban J connectivity index is 1.76. The van der Waals surface area contributed by atoms with E-state index in [1.807, 2.05) is 18.4 Å². The van der Waals surface area contributed by atoms with Gasteiger partial charge in [-0.3, -0.25) is 9.69 Å². The molecule has 0 spiro atoms. The Kier molecular flexibility index (Phi) is 6.83. The summed E-state index contributed by atoms with van der Waals surface area (Å²) in [5, 5.41) is 3.44. The maximum Gasteiger partial charge on any atom is 0.252 e. The third kappa shape index (κ3) is 5.18. The molecule has 0 atom stereocenters. The summed E-state index contributed by atoms with van der Waals surface area (Å²) >= 11 is 7.69. The second kappa shape index (κ2) is 8.63. The summed E-state index contributed by atoms with van der Waals surface area (Å²) in [5.74, 6) is -0.0992. The fraction of sp³-hybridized carbons (Fsp3) is 0.533. The second-order valence-corrected chi connectivity index (χ2v) is 6.20. The zero-order valence-electron chi connectivity index (χ0n) is 12.2. The van der Waals surface area contributed by atoms with Crippen molar-refractivity contribution in [3.05, 3.63) is 28.8 Å². The zero-order chi connectivity index (χ0) is 15.1. The van der Waals surface area contributed by atoms with Crippen molar-refractivity contribution in [1.82, 2.24) is 10.2 Å². The number of rotatable bonds is 6. The minimum Gasteiger partial charge on any atom is -0.379 e. The molecule has 1 aliphatic heterocycles. The number of hydrogen-bond donors (Lipinski definition) is 1. The fourth-order valence-corrected chi connectivity index (χ4v) is 2.87. The SMILES string of the molecule is CSc1ccc(Cl)c(C(=O)NCCCN2CCOCC2)c1. The number of morpholine rings is 1. The fourth-order valence-electron chi connectivity index (χ4n) is 2.23. The van der Waals surface area contributed by atoms with E-state index in [0.29, 0.717) is 17.1 Å². The molecule has 0 saturated carbocycles. The van der Waals surface area contributed by atoms with Crippen LogP contribution in [0.5, 0.6) is 0 Å². The van der Waals surface area contributed by atoms with Crippen LogP contribution in [-0.4, -0.2) is 56.5 Å². The zero-order valence-corrected chi connectivity index (χ0v) is 13.8. The average molecular weight is 329 g/mol. The van der Waals surface area contributed by atoms with Crippen LogP contribution < -0.4 is 5.32 Å². The van der Waals surface area contributed by atoms with Crippen LogP contribution in [0.15, 0.2) is 23.1 Å². The molecular weight excluding hydrogens is 308 g/mol. The second-order valence-electron chi connectivity index (χ2n) is 4.91. The molecule has 1 aliphatic rings. The van der Waals surface area contributed by atoms with E-state index in [-0.39, 0.29) is 5.91 Å². The van der Waals surface area contributed by atoms with Crippen molar-refractivity contribution in [2.45, 2.75) is 11.3 Å². The molecule has 0 bridgehead atoms. The van der Waals surface area contributed by atoms with Crippen LogP contribution in [0.4, 0.5) is 0 Å². The van der Waals surface area contributed by atoms with E-state index in [1.165, 1.54) is 0 Å². The number of carbonyl (C=O) groups is 1. The molecule has 1 saturated heterocycles. The number of nitrogens with one attached hydrogen (secondary N) is 1. The normalized spacial score (nSPS) is 15.9. The lowest BCUT2D eigenvalue weighted by molar-refractivity contribution is 0.0374. The molecule has 6 heteroatoms. The number of nitrogens with zero attached hydrogens (tertiary/aromatic N) is 1. The maximum atomic E-state index is 12.1. The number of hydrogen-bond acceptors (Lipinski definition) is 4. The van der Waals surface area contributed by atoms with Crippen molar-refractivity contribution in [3.63, 3.8) is 0 Å². The van der Waals surface area contributed by atoms with E-state index in [1.54, 1.807) is 17.8 Å². The summed E-state index contributed by atoms with van der Waals surface area (Å²) in [6.45, 7) is 5.23. The Bertz CT molecular complexity index is 479. The molecule has 21 heavy (non-hydrogen) atoms. The van der Waals surface area contributed by atoms with Crippen LogP contribution >= 0.6 is 23.4 Å². The topological polar surface area (TPSA) is 41.6 Å². The van der Waals surface area contributed by atoms with E-state index in [0.717, 1.165) is 44.2 Å². The Morgan fingerprint density at radius 1 is 1.43 bits per heavy atom. The number of benzene rings is 1. The van der Waals surface area contributed by atoms with E-state index in [9.17, 15) is 4.79 Å². The highest BCUT2D eigenvalue weighted by atomic mass is 35.5. The van der Waals surface area contributed by atoms with E-state index < -0.39 is 0 Å². The average Bonchev–Trinajstić information content (AvgIpc) is 2.53. The van der Waals surface area contributed by atoms with Crippen LogP contribution in [0.3, 0.4) is 0 Å². The van der Waals surface area contributed by atoms with Gasteiger partial charge < -0.3 is 10.1 Å². The van der Waals surface area contributed by atoms with Gasteiger partial charge in [0.2, 0.25) is 0 Å². The lowest BCUT2D eigenvalue weighted by Gasteiger charge is -2.26. The summed E-state index contributed by atoms with van der Waals surface area (Å²) in [6, 6.07) is 5.53. The van der Waals surface area contributed by atoms with Gasteiger partial charge >= 0.3 is 0 Å². The molecule has 1 aromatic rings. The number of thioether (sulfide) groups is 1. The maximum absolute atomic E-state index is 12.1. The predicted molar refractivity (Wildman–Crippen MR) is 87.4 cm³/mol. The van der Waals surface area contributed by atoms with Gasteiger partial charge in [0.05, 0.1) is 23.8 Å². The highest BCUT2D eigenvalue weighted by molar-refractivity contribution is 7.98. The molecule has 0 aliphatic carbocycles. The van der Waals surface area contributed by atoms with Gasteiger partial charge in [-0.2, -0.15) is 0 Å². The van der Waals surface area contributed by atoms with E-state index in [2.05, 4.69) is 10.2 Å². The monoisotopic (exact) mass is 328 g/mol. The third-order valence-electron chi connectivity index (χ3n) is 3.46. The first kappa shape index (κ1) is 16.6. The molecule has 1 amide bonds. The van der Waals surface area contributed by atoms with Crippen molar-refractivity contribution < 1.29 is 9.53 Å². The van der Waals surface area contributed by atoms with E-state index >= 15 is 0 Å². The molecule has 0 unspecified atom stereocenters. The molecule has 1 N–H and O–H groups in total. The molecule has 4 nitrogen and oxygen atoms in total. The first-order valence-electron chi connectivity index (χ1n) is 7.12. The van der Waals surface area contributed by atoms with Gasteiger partial charge in [0, 0.05) is 24.5 Å². The van der Waals surface area contributed by atoms with Crippen molar-refractivity contribution in [2.75, 3.05) is 45.6 Å². The lowest BCUT2D eigenvalue weighted by Crippen LogP contribution is -2.38. The van der Waals surface area contributed by atoms with Crippen LogP contribution in [0, 0.1) is 0 Å². The highest BCUT2D eigenvalue weighted by Gasteiger charge is 2.12. The van der Waals surface area contributed by atoms with Crippen LogP contribution in [-0.2, 0) is 4.74 Å². The van der Waals surface area contributed by atoms with Crippen LogP contribution in [0.2, 0.25) is 5.02 Å². The number of halogens is 1. The molecule has 2 rings (SSSR count). The first-order chi connectivity index (χ1) is 10.2. The number of ether oxygens (including phenoxy) is 1. The summed E-state index contributed by atoms with van der Waals surface area (Å²) in [5.41, 5.74) is 0.551. The molecule has 0 radical (unpaired) electrons. The summed E-state index contributed by atoms with van der Waals surface area (Å²) < 4.78 is 5.31. The smallest absolute Gasteiger partial charge is 0.252 e.